The number of hydrogen-bond acceptors (Lipinski definition) is 4. The Morgan fingerprint density at radius 2 is 2.25 bits per heavy atom. The minimum Gasteiger partial charge on any atom is -0.274 e. The molecule has 0 amide bonds. The topological polar surface area (TPSA) is 69.2 Å². The van der Waals surface area contributed by atoms with E-state index in [4.69, 9.17) is 5.14 Å². The van der Waals surface area contributed by atoms with Gasteiger partial charge in [-0.15, -0.1) is 0 Å². The van der Waals surface area contributed by atoms with E-state index in [0.717, 1.165) is 24.1 Å². The van der Waals surface area contributed by atoms with Crippen LogP contribution in [0.1, 0.15) is 0 Å². The summed E-state index contributed by atoms with van der Waals surface area (Å²) in [7, 11) is 0. The predicted molar refractivity (Wildman–Crippen MR) is 43.1 cm³/mol. The highest BCUT2D eigenvalue weighted by atomic mass is 32.2. The number of nitro benzene ring substituents is 1. The summed E-state index contributed by atoms with van der Waals surface area (Å²) in [5, 5.41) is 15.3. The van der Waals surface area contributed by atoms with Crippen LogP contribution in [0, 0.1) is 15.9 Å². The van der Waals surface area contributed by atoms with Gasteiger partial charge >= 0.3 is 5.69 Å². The molecule has 12 heavy (non-hydrogen) atoms. The molecule has 1 aromatic rings. The van der Waals surface area contributed by atoms with Crippen molar-refractivity contribution in [1.82, 2.24) is 0 Å². The Labute approximate surface area is 71.8 Å². The molecule has 64 valence electrons. The number of nitro groups is 1. The van der Waals surface area contributed by atoms with Crippen molar-refractivity contribution in [3.05, 3.63) is 34.1 Å². The van der Waals surface area contributed by atoms with Gasteiger partial charge in [-0.1, -0.05) is 0 Å². The van der Waals surface area contributed by atoms with Gasteiger partial charge in [0.1, 0.15) is 0 Å². The van der Waals surface area contributed by atoms with Gasteiger partial charge in [0, 0.05) is 11.0 Å². The molecule has 0 aromatic heterocycles. The van der Waals surface area contributed by atoms with E-state index in [0.29, 0.717) is 4.90 Å². The monoisotopic (exact) mass is 188 g/mol. The molecule has 0 heterocycles. The second kappa shape index (κ2) is 3.51. The Morgan fingerprint density at radius 1 is 1.58 bits per heavy atom. The summed E-state index contributed by atoms with van der Waals surface area (Å²) >= 11 is 0.841. The van der Waals surface area contributed by atoms with Crippen LogP contribution in [0.25, 0.3) is 0 Å². The lowest BCUT2D eigenvalue weighted by Crippen LogP contribution is -1.92. The first-order valence-electron chi connectivity index (χ1n) is 2.96. The van der Waals surface area contributed by atoms with E-state index in [1.54, 1.807) is 0 Å². The summed E-state index contributed by atoms with van der Waals surface area (Å²) in [6.45, 7) is 0. The van der Waals surface area contributed by atoms with Gasteiger partial charge < -0.3 is 0 Å². The average Bonchev–Trinajstić information content (AvgIpc) is 2.03. The van der Waals surface area contributed by atoms with E-state index >= 15 is 0 Å². The lowest BCUT2D eigenvalue weighted by molar-refractivity contribution is -0.387. The fourth-order valence-electron chi connectivity index (χ4n) is 0.709. The predicted octanol–water partition coefficient (Wildman–Crippen LogP) is 1.70. The van der Waals surface area contributed by atoms with Gasteiger partial charge in [0.15, 0.2) is 0 Å². The number of hydrogen-bond donors (Lipinski definition) is 1. The first-order chi connectivity index (χ1) is 5.65. The Morgan fingerprint density at radius 3 is 2.67 bits per heavy atom. The normalized spacial score (nSPS) is 9.83. The van der Waals surface area contributed by atoms with Crippen LogP contribution in [-0.4, -0.2) is 4.92 Å². The van der Waals surface area contributed by atoms with Crippen LogP contribution in [0.15, 0.2) is 23.1 Å². The molecule has 4 nitrogen and oxygen atoms in total. The van der Waals surface area contributed by atoms with Crippen molar-refractivity contribution < 1.29 is 9.31 Å². The van der Waals surface area contributed by atoms with Crippen LogP contribution in [0.2, 0.25) is 0 Å². The molecule has 0 radical (unpaired) electrons. The minimum atomic E-state index is -0.865. The van der Waals surface area contributed by atoms with Crippen molar-refractivity contribution in [2.45, 2.75) is 4.90 Å². The van der Waals surface area contributed by atoms with Crippen LogP contribution in [0.5, 0.6) is 0 Å². The van der Waals surface area contributed by atoms with Crippen molar-refractivity contribution in [2.24, 2.45) is 5.14 Å². The quantitative estimate of drug-likeness (QED) is 0.435. The largest absolute Gasteiger partial charge is 0.304 e. The summed E-state index contributed by atoms with van der Waals surface area (Å²) in [5.74, 6) is -0.865. The molecule has 2 N–H and O–H groups in total. The Kier molecular flexibility index (Phi) is 2.61. The molecule has 6 heteroatoms. The summed E-state index contributed by atoms with van der Waals surface area (Å²) < 4.78 is 12.8. The SMILES string of the molecule is NSc1ccc([N+](=O)[O-])c(F)c1. The highest BCUT2D eigenvalue weighted by molar-refractivity contribution is 7.97. The van der Waals surface area contributed by atoms with Gasteiger partial charge in [-0.3, -0.25) is 15.3 Å². The maximum atomic E-state index is 12.8. The number of halogens is 1. The zero-order valence-electron chi connectivity index (χ0n) is 5.86. The van der Waals surface area contributed by atoms with Gasteiger partial charge in [-0.2, -0.15) is 4.39 Å². The van der Waals surface area contributed by atoms with E-state index in [9.17, 15) is 14.5 Å². The summed E-state index contributed by atoms with van der Waals surface area (Å²) in [6, 6.07) is 3.51. The third kappa shape index (κ3) is 1.72. The number of nitrogens with zero attached hydrogens (tertiary/aromatic N) is 1. The molecule has 0 fully saturated rings. The molecular formula is C6H5FN2O2S. The van der Waals surface area contributed by atoms with Gasteiger partial charge in [-0.05, 0) is 24.1 Å². The molecule has 0 saturated heterocycles. The summed E-state index contributed by atoms with van der Waals surface area (Å²) in [4.78, 5) is 9.83. The van der Waals surface area contributed by atoms with Crippen LogP contribution < -0.4 is 5.14 Å². The molecule has 1 aromatic carbocycles. The zero-order valence-corrected chi connectivity index (χ0v) is 6.68. The van der Waals surface area contributed by atoms with Gasteiger partial charge in [0.05, 0.1) is 4.92 Å². The lowest BCUT2D eigenvalue weighted by Gasteiger charge is -1.95. The molecule has 0 saturated carbocycles. The fourth-order valence-corrected chi connectivity index (χ4v) is 1.03. The number of benzene rings is 1. The Hall–Kier alpha value is -1.14. The van der Waals surface area contributed by atoms with Crippen molar-refractivity contribution in [1.29, 1.82) is 0 Å². The van der Waals surface area contributed by atoms with Crippen molar-refractivity contribution in [3.8, 4) is 0 Å². The van der Waals surface area contributed by atoms with E-state index in [-0.39, 0.29) is 0 Å². The standard InChI is InChI=1S/C6H5FN2O2S/c7-5-3-4(12-8)1-2-6(5)9(10)11/h1-3H,8H2. The third-order valence-electron chi connectivity index (χ3n) is 1.25. The molecule has 0 atom stereocenters. The van der Waals surface area contributed by atoms with Gasteiger partial charge in [0.2, 0.25) is 5.82 Å². The Balaban J connectivity index is 3.12. The molecule has 0 unspecified atom stereocenters. The van der Waals surface area contributed by atoms with E-state index in [1.165, 1.54) is 6.07 Å². The molecule has 0 aliphatic carbocycles. The highest BCUT2D eigenvalue weighted by Gasteiger charge is 2.12. The summed E-state index contributed by atoms with van der Waals surface area (Å²) in [6.07, 6.45) is 0. The molecule has 0 bridgehead atoms. The maximum Gasteiger partial charge on any atom is 0.304 e. The second-order valence-electron chi connectivity index (χ2n) is 1.99. The first-order valence-corrected chi connectivity index (χ1v) is 3.84. The molecule has 0 spiro atoms. The van der Waals surface area contributed by atoms with Crippen LogP contribution in [0.3, 0.4) is 0 Å². The van der Waals surface area contributed by atoms with Crippen LogP contribution in [0.4, 0.5) is 10.1 Å². The maximum absolute atomic E-state index is 12.8. The molecule has 0 aliphatic rings. The van der Waals surface area contributed by atoms with E-state index in [2.05, 4.69) is 0 Å². The van der Waals surface area contributed by atoms with Crippen molar-refractivity contribution in [2.75, 3.05) is 0 Å². The first kappa shape index (κ1) is 8.95. The van der Waals surface area contributed by atoms with E-state index < -0.39 is 16.4 Å². The minimum absolute atomic E-state index is 0.457. The smallest absolute Gasteiger partial charge is 0.274 e. The molecular weight excluding hydrogens is 183 g/mol. The van der Waals surface area contributed by atoms with Crippen molar-refractivity contribution >= 4 is 17.6 Å². The number of nitrogens with two attached hydrogens (primary N) is 1. The second-order valence-corrected chi connectivity index (χ2v) is 2.70. The van der Waals surface area contributed by atoms with E-state index in [1.807, 2.05) is 0 Å². The molecule has 1 rings (SSSR count). The number of rotatable bonds is 2. The van der Waals surface area contributed by atoms with Crippen molar-refractivity contribution in [3.63, 3.8) is 0 Å². The zero-order chi connectivity index (χ0) is 9.14. The van der Waals surface area contributed by atoms with Crippen LogP contribution in [-0.2, 0) is 0 Å². The fraction of sp³-hybridized carbons (Fsp3) is 0. The van der Waals surface area contributed by atoms with Crippen LogP contribution >= 0.6 is 11.9 Å². The third-order valence-corrected chi connectivity index (χ3v) is 1.78. The highest BCUT2D eigenvalue weighted by Crippen LogP contribution is 2.21. The van der Waals surface area contributed by atoms with Gasteiger partial charge in [0.25, 0.3) is 0 Å². The van der Waals surface area contributed by atoms with Gasteiger partial charge in [-0.25, -0.2) is 0 Å². The summed E-state index contributed by atoms with van der Waals surface area (Å²) in [5.41, 5.74) is -0.534. The Bertz CT molecular complexity index is 318. The molecule has 0 aliphatic heterocycles. The average molecular weight is 188 g/mol. The lowest BCUT2D eigenvalue weighted by atomic mass is 10.3.